The molecule has 6 heteroatoms. The molecule has 0 radical (unpaired) electrons. The molecule has 1 aromatic carbocycles. The summed E-state index contributed by atoms with van der Waals surface area (Å²) >= 11 is 0. The van der Waals surface area contributed by atoms with Gasteiger partial charge in [-0.3, -0.25) is 4.72 Å². The van der Waals surface area contributed by atoms with Crippen LogP contribution >= 0.6 is 0 Å². The molecule has 0 amide bonds. The molecule has 0 spiro atoms. The Labute approximate surface area is 155 Å². The van der Waals surface area contributed by atoms with Gasteiger partial charge in [0.1, 0.15) is 5.82 Å². The lowest BCUT2D eigenvalue weighted by Gasteiger charge is -2.20. The summed E-state index contributed by atoms with van der Waals surface area (Å²) < 4.78 is 18.0. The second kappa shape index (κ2) is 6.43. The van der Waals surface area contributed by atoms with Crippen LogP contribution in [0.15, 0.2) is 47.5 Å². The van der Waals surface area contributed by atoms with Crippen LogP contribution in [0.3, 0.4) is 0 Å². The van der Waals surface area contributed by atoms with Crippen LogP contribution < -0.4 is 4.72 Å². The molecule has 26 heavy (non-hydrogen) atoms. The minimum Gasteiger partial charge on any atom is -0.293 e. The molecular formula is C20H26N4OS. The van der Waals surface area contributed by atoms with E-state index in [-0.39, 0.29) is 5.41 Å². The number of fused-ring (bicyclic) bond motifs is 1. The van der Waals surface area contributed by atoms with E-state index in [0.717, 1.165) is 11.3 Å². The zero-order chi connectivity index (χ0) is 19.1. The average Bonchev–Trinajstić information content (AvgIpc) is 2.99. The zero-order valence-corrected chi connectivity index (χ0v) is 16.8. The van der Waals surface area contributed by atoms with Crippen molar-refractivity contribution in [2.75, 3.05) is 4.72 Å². The highest BCUT2D eigenvalue weighted by atomic mass is 32.2. The highest BCUT2D eigenvalue weighted by Gasteiger charge is 2.16. The van der Waals surface area contributed by atoms with Crippen molar-refractivity contribution in [3.8, 4) is 0 Å². The van der Waals surface area contributed by atoms with E-state index in [0.29, 0.717) is 16.6 Å². The molecule has 0 aliphatic heterocycles. The molecule has 0 fully saturated rings. The van der Waals surface area contributed by atoms with Gasteiger partial charge in [0.25, 0.3) is 0 Å². The molecule has 0 bridgehead atoms. The summed E-state index contributed by atoms with van der Waals surface area (Å²) in [5.74, 6) is 4.83. The number of nitrogens with one attached hydrogen (secondary N) is 1. The Morgan fingerprint density at radius 1 is 1.15 bits per heavy atom. The summed E-state index contributed by atoms with van der Waals surface area (Å²) in [5.41, 5.74) is 2.90. The van der Waals surface area contributed by atoms with Gasteiger partial charge in [-0.2, -0.15) is 9.61 Å². The first-order valence-corrected chi connectivity index (χ1v) is 10.4. The first kappa shape index (κ1) is 18.5. The normalized spacial score (nSPS) is 14.5. The highest BCUT2D eigenvalue weighted by Crippen LogP contribution is 2.24. The summed E-state index contributed by atoms with van der Waals surface area (Å²) in [5, 5.41) is 4.57. The van der Waals surface area contributed by atoms with Gasteiger partial charge < -0.3 is 0 Å². The molecule has 1 atom stereocenters. The van der Waals surface area contributed by atoms with Gasteiger partial charge in [-0.05, 0) is 41.0 Å². The Kier molecular flexibility index (Phi) is 4.56. The smallest absolute Gasteiger partial charge is 0.157 e. The van der Waals surface area contributed by atoms with Crippen molar-refractivity contribution in [1.29, 1.82) is 0 Å². The third-order valence-corrected chi connectivity index (χ3v) is 5.91. The quantitative estimate of drug-likeness (QED) is 0.698. The predicted molar refractivity (Wildman–Crippen MR) is 109 cm³/mol. The van der Waals surface area contributed by atoms with E-state index < -0.39 is 9.71 Å². The number of anilines is 1. The fraction of sp³-hybridized carbons (Fsp3) is 0.350. The molecule has 138 valence electrons. The molecule has 0 saturated heterocycles. The van der Waals surface area contributed by atoms with E-state index in [1.54, 1.807) is 16.8 Å². The fourth-order valence-corrected chi connectivity index (χ4v) is 3.86. The van der Waals surface area contributed by atoms with Gasteiger partial charge in [-0.15, -0.1) is 0 Å². The van der Waals surface area contributed by atoms with Crippen molar-refractivity contribution in [3.63, 3.8) is 0 Å². The lowest BCUT2D eigenvalue weighted by molar-refractivity contribution is 0.589. The van der Waals surface area contributed by atoms with Gasteiger partial charge in [-0.25, -0.2) is 9.19 Å². The van der Waals surface area contributed by atoms with Crippen LogP contribution in [-0.4, -0.2) is 24.7 Å². The molecule has 5 nitrogen and oxygen atoms in total. The minimum atomic E-state index is -2.72. The van der Waals surface area contributed by atoms with Crippen molar-refractivity contribution in [2.24, 2.45) is 0 Å². The van der Waals surface area contributed by atoms with Crippen molar-refractivity contribution in [1.82, 2.24) is 14.6 Å². The molecule has 0 aliphatic carbocycles. The summed E-state index contributed by atoms with van der Waals surface area (Å²) in [6, 6.07) is 11.5. The number of nitrogens with zero attached hydrogens (tertiary/aromatic N) is 3. The maximum atomic E-state index is 13.2. The fourth-order valence-electron chi connectivity index (χ4n) is 2.68. The number of hydrogen-bond acceptors (Lipinski definition) is 3. The number of hydrogen-bond donors (Lipinski definition) is 1. The Balaban J connectivity index is 1.96. The van der Waals surface area contributed by atoms with Crippen molar-refractivity contribution < 1.29 is 4.21 Å². The third-order valence-electron chi connectivity index (χ3n) is 4.34. The van der Waals surface area contributed by atoms with Crippen molar-refractivity contribution in [2.45, 2.75) is 50.8 Å². The van der Waals surface area contributed by atoms with Crippen LogP contribution in [0.5, 0.6) is 0 Å². The maximum absolute atomic E-state index is 13.2. The number of benzene rings is 1. The zero-order valence-electron chi connectivity index (χ0n) is 16.0. The maximum Gasteiger partial charge on any atom is 0.157 e. The lowest BCUT2D eigenvalue weighted by atomic mass is 9.87. The Bertz CT molecular complexity index is 1030. The monoisotopic (exact) mass is 370 g/mol. The molecular weight excluding hydrogens is 344 g/mol. The van der Waals surface area contributed by atoms with Gasteiger partial charge in [0.05, 0.1) is 15.4 Å². The van der Waals surface area contributed by atoms with E-state index in [1.807, 2.05) is 30.3 Å². The van der Waals surface area contributed by atoms with Gasteiger partial charge in [0, 0.05) is 17.2 Å². The number of aromatic nitrogens is 3. The minimum absolute atomic E-state index is 0.0492. The second-order valence-corrected chi connectivity index (χ2v) is 9.90. The van der Waals surface area contributed by atoms with E-state index >= 15 is 0 Å². The van der Waals surface area contributed by atoms with Crippen LogP contribution in [0.25, 0.3) is 5.65 Å². The van der Waals surface area contributed by atoms with Crippen LogP contribution in [0.2, 0.25) is 0 Å². The molecule has 3 aromatic rings. The van der Waals surface area contributed by atoms with Crippen molar-refractivity contribution >= 4 is 27.0 Å². The highest BCUT2D eigenvalue weighted by molar-refractivity contribution is 8.01. The van der Waals surface area contributed by atoms with Gasteiger partial charge in [0.2, 0.25) is 0 Å². The average molecular weight is 371 g/mol. The van der Waals surface area contributed by atoms with E-state index in [4.69, 9.17) is 0 Å². The largest absolute Gasteiger partial charge is 0.293 e. The molecule has 0 saturated carbocycles. The topological polar surface area (TPSA) is 59.3 Å². The third kappa shape index (κ3) is 3.60. The summed E-state index contributed by atoms with van der Waals surface area (Å²) in [7, 11) is -2.72. The molecule has 0 aliphatic rings. The van der Waals surface area contributed by atoms with Crippen LogP contribution in [-0.2, 0) is 15.1 Å². The summed E-state index contributed by atoms with van der Waals surface area (Å²) in [6.45, 7) is 10.6. The standard InChI is InChI=1S/C20H26N4OS/c1-14(2)17-13-19-21-12-11-18(24(19)22-17)23-26(6,25)16-9-7-15(8-10-16)20(3,4)5/h7-14H,6H2,1-5H3,(H,23,25). The van der Waals surface area contributed by atoms with E-state index in [2.05, 4.69) is 55.3 Å². The predicted octanol–water partition coefficient (Wildman–Crippen LogP) is 4.25. The second-order valence-electron chi connectivity index (χ2n) is 7.88. The molecule has 2 heterocycles. The van der Waals surface area contributed by atoms with Crippen LogP contribution in [0.1, 0.15) is 51.8 Å². The SMILES string of the molecule is C=S(=O)(Nc1ccnc2cc(C(C)C)nn12)c1ccc(C(C)(C)C)cc1. The molecule has 1 N–H and O–H groups in total. The van der Waals surface area contributed by atoms with Crippen molar-refractivity contribution in [3.05, 3.63) is 53.9 Å². The summed E-state index contributed by atoms with van der Waals surface area (Å²) in [4.78, 5) is 4.99. The molecule has 2 aromatic heterocycles. The Morgan fingerprint density at radius 3 is 2.38 bits per heavy atom. The Morgan fingerprint density at radius 2 is 1.81 bits per heavy atom. The van der Waals surface area contributed by atoms with Gasteiger partial charge in [-0.1, -0.05) is 46.8 Å². The van der Waals surface area contributed by atoms with E-state index in [1.165, 1.54) is 5.56 Å². The number of rotatable bonds is 4. The first-order valence-electron chi connectivity index (χ1n) is 8.68. The lowest BCUT2D eigenvalue weighted by Crippen LogP contribution is -2.16. The molecule has 1 unspecified atom stereocenters. The van der Waals surface area contributed by atoms with Crippen LogP contribution in [0, 0.1) is 0 Å². The summed E-state index contributed by atoms with van der Waals surface area (Å²) in [6.07, 6.45) is 1.68. The first-order chi connectivity index (χ1) is 12.1. The Hall–Kier alpha value is -2.34. The van der Waals surface area contributed by atoms with Gasteiger partial charge >= 0.3 is 0 Å². The van der Waals surface area contributed by atoms with Crippen LogP contribution in [0.4, 0.5) is 5.82 Å². The van der Waals surface area contributed by atoms with E-state index in [9.17, 15) is 4.21 Å². The molecule has 3 rings (SSSR count). The van der Waals surface area contributed by atoms with Gasteiger partial charge in [0.15, 0.2) is 5.65 Å².